The summed E-state index contributed by atoms with van der Waals surface area (Å²) in [6.07, 6.45) is -0.271. The highest BCUT2D eigenvalue weighted by atomic mass is 16.6. The highest BCUT2D eigenvalue weighted by Gasteiger charge is 2.32. The molecule has 1 aliphatic carbocycles. The van der Waals surface area contributed by atoms with Crippen molar-refractivity contribution < 1.29 is 24.2 Å². The van der Waals surface area contributed by atoms with Crippen molar-refractivity contribution in [2.45, 2.75) is 18.4 Å². The lowest BCUT2D eigenvalue weighted by Gasteiger charge is -2.30. The van der Waals surface area contributed by atoms with Crippen molar-refractivity contribution in [2.24, 2.45) is 0 Å². The summed E-state index contributed by atoms with van der Waals surface area (Å²) >= 11 is 0. The molecule has 1 saturated heterocycles. The van der Waals surface area contributed by atoms with Crippen LogP contribution in [-0.4, -0.2) is 79.5 Å². The molecule has 1 atom stereocenters. The van der Waals surface area contributed by atoms with Gasteiger partial charge < -0.3 is 14.6 Å². The van der Waals surface area contributed by atoms with Crippen LogP contribution in [0.4, 0.5) is 4.79 Å². The summed E-state index contributed by atoms with van der Waals surface area (Å²) in [6.45, 7) is 3.64. The molecule has 7 nitrogen and oxygen atoms in total. The van der Waals surface area contributed by atoms with Crippen LogP contribution >= 0.6 is 0 Å². The average molecular weight is 424 g/mol. The zero-order chi connectivity index (χ0) is 21.8. The maximum atomic E-state index is 12.7. The zero-order valence-electron chi connectivity index (χ0n) is 17.7. The van der Waals surface area contributed by atoms with Gasteiger partial charge in [0.05, 0.1) is 13.2 Å². The lowest BCUT2D eigenvalue weighted by Crippen LogP contribution is -2.46. The number of likely N-dealkylation sites (N-methyl/N-ethyl adjacent to an activating group) is 1. The Labute approximate surface area is 182 Å². The first kappa shape index (κ1) is 21.3. The van der Waals surface area contributed by atoms with Crippen LogP contribution in [0.2, 0.25) is 0 Å². The second-order valence-corrected chi connectivity index (χ2v) is 8.01. The van der Waals surface area contributed by atoms with Gasteiger partial charge in [-0.25, -0.2) is 9.59 Å². The molecular weight excluding hydrogens is 396 g/mol. The van der Waals surface area contributed by atoms with Gasteiger partial charge in [-0.3, -0.25) is 9.80 Å². The molecule has 2 aliphatic rings. The highest BCUT2D eigenvalue weighted by Crippen LogP contribution is 2.44. The van der Waals surface area contributed by atoms with Crippen molar-refractivity contribution >= 4 is 12.1 Å². The van der Waals surface area contributed by atoms with Crippen LogP contribution in [0.3, 0.4) is 0 Å². The smallest absolute Gasteiger partial charge is 0.410 e. The summed E-state index contributed by atoms with van der Waals surface area (Å²) in [5, 5.41) is 9.67. The van der Waals surface area contributed by atoms with E-state index in [1.165, 1.54) is 11.9 Å². The van der Waals surface area contributed by atoms with E-state index in [0.717, 1.165) is 35.3 Å². The molecule has 0 aromatic heterocycles. The number of rotatable bonds is 7. The third kappa shape index (κ3) is 4.57. The highest BCUT2D eigenvalue weighted by molar-refractivity contribution is 5.81. The molecule has 2 aromatic carbocycles. The summed E-state index contributed by atoms with van der Waals surface area (Å²) in [6, 6.07) is 15.3. The third-order valence-corrected chi connectivity index (χ3v) is 6.20. The van der Waals surface area contributed by atoms with E-state index in [-0.39, 0.29) is 12.5 Å². The van der Waals surface area contributed by atoms with Crippen LogP contribution < -0.4 is 0 Å². The molecule has 1 amide bonds. The maximum Gasteiger partial charge on any atom is 0.410 e. The number of carbonyl (C=O) groups is 2. The SMILES string of the molecule is CN(C(=O)OCC1c2ccccc2-c2ccccc21)[C@@H](CCN1CCOCC1)C(=O)O. The topological polar surface area (TPSA) is 79.3 Å². The largest absolute Gasteiger partial charge is 0.480 e. The summed E-state index contributed by atoms with van der Waals surface area (Å²) in [4.78, 5) is 27.9. The van der Waals surface area contributed by atoms with Gasteiger partial charge in [0, 0.05) is 32.6 Å². The van der Waals surface area contributed by atoms with Crippen LogP contribution in [-0.2, 0) is 14.3 Å². The van der Waals surface area contributed by atoms with Gasteiger partial charge in [-0.05, 0) is 28.7 Å². The van der Waals surface area contributed by atoms with Gasteiger partial charge in [0.15, 0.2) is 0 Å². The number of carboxylic acid groups (broad SMARTS) is 1. The zero-order valence-corrected chi connectivity index (χ0v) is 17.7. The van der Waals surface area contributed by atoms with E-state index in [2.05, 4.69) is 29.2 Å². The monoisotopic (exact) mass is 424 g/mol. The first-order valence-corrected chi connectivity index (χ1v) is 10.7. The lowest BCUT2D eigenvalue weighted by molar-refractivity contribution is -0.142. The van der Waals surface area contributed by atoms with Crippen molar-refractivity contribution in [2.75, 3.05) is 46.5 Å². The van der Waals surface area contributed by atoms with Crippen molar-refractivity contribution in [1.82, 2.24) is 9.80 Å². The number of amides is 1. The molecule has 0 saturated carbocycles. The molecule has 7 heteroatoms. The minimum absolute atomic E-state index is 0.0543. The van der Waals surface area contributed by atoms with E-state index < -0.39 is 18.1 Å². The number of ether oxygens (including phenoxy) is 2. The molecule has 0 radical (unpaired) electrons. The van der Waals surface area contributed by atoms with E-state index >= 15 is 0 Å². The second-order valence-electron chi connectivity index (χ2n) is 8.01. The Balaban J connectivity index is 1.39. The first-order valence-electron chi connectivity index (χ1n) is 10.7. The fourth-order valence-electron chi connectivity index (χ4n) is 4.44. The molecular formula is C24H28N2O5. The summed E-state index contributed by atoms with van der Waals surface area (Å²) < 4.78 is 10.9. The molecule has 2 aromatic rings. The number of aliphatic carboxylic acids is 1. The van der Waals surface area contributed by atoms with Gasteiger partial charge in [-0.2, -0.15) is 0 Å². The van der Waals surface area contributed by atoms with Crippen molar-refractivity contribution in [3.05, 3.63) is 59.7 Å². The Hall–Kier alpha value is -2.90. The minimum atomic E-state index is -1.02. The van der Waals surface area contributed by atoms with Crippen molar-refractivity contribution in [1.29, 1.82) is 0 Å². The summed E-state index contributed by atoms with van der Waals surface area (Å²) in [5.41, 5.74) is 4.56. The number of nitrogens with zero attached hydrogens (tertiary/aromatic N) is 2. The predicted octanol–water partition coefficient (Wildman–Crippen LogP) is 3.04. The molecule has 0 unspecified atom stereocenters. The van der Waals surface area contributed by atoms with Gasteiger partial charge in [-0.15, -0.1) is 0 Å². The predicted molar refractivity (Wildman–Crippen MR) is 116 cm³/mol. The molecule has 0 bridgehead atoms. The Morgan fingerprint density at radius 1 is 1.10 bits per heavy atom. The summed E-state index contributed by atoms with van der Waals surface area (Å²) in [7, 11) is 1.50. The van der Waals surface area contributed by atoms with E-state index in [4.69, 9.17) is 9.47 Å². The number of carboxylic acids is 1. The van der Waals surface area contributed by atoms with Gasteiger partial charge >= 0.3 is 12.1 Å². The van der Waals surface area contributed by atoms with Crippen LogP contribution in [0, 0.1) is 0 Å². The number of morpholine rings is 1. The quantitative estimate of drug-likeness (QED) is 0.736. The van der Waals surface area contributed by atoms with Gasteiger partial charge in [-0.1, -0.05) is 48.5 Å². The third-order valence-electron chi connectivity index (χ3n) is 6.20. The van der Waals surface area contributed by atoms with Crippen LogP contribution in [0.25, 0.3) is 11.1 Å². The minimum Gasteiger partial charge on any atom is -0.480 e. The van der Waals surface area contributed by atoms with Crippen LogP contribution in [0.1, 0.15) is 23.5 Å². The number of hydrogen-bond donors (Lipinski definition) is 1. The number of hydrogen-bond acceptors (Lipinski definition) is 5. The molecule has 4 rings (SSSR count). The van der Waals surface area contributed by atoms with E-state index in [1.54, 1.807) is 0 Å². The Morgan fingerprint density at radius 3 is 2.26 bits per heavy atom. The van der Waals surface area contributed by atoms with Crippen molar-refractivity contribution in [3.63, 3.8) is 0 Å². The molecule has 164 valence electrons. The first-order chi connectivity index (χ1) is 15.1. The normalized spacial score (nSPS) is 16.9. The fourth-order valence-corrected chi connectivity index (χ4v) is 4.44. The summed E-state index contributed by atoms with van der Waals surface area (Å²) in [5.74, 6) is -1.08. The number of carbonyl (C=O) groups excluding carboxylic acids is 1. The average Bonchev–Trinajstić information content (AvgIpc) is 3.11. The second kappa shape index (κ2) is 9.49. The standard InChI is InChI=1S/C24H28N2O5/c1-25(22(23(27)28)10-11-26-12-14-30-15-13-26)24(29)31-16-21-19-8-4-2-6-17(19)18-7-3-5-9-20(18)21/h2-9,21-22H,10-16H2,1H3,(H,27,28)/t22-/m0/s1. The molecule has 1 fully saturated rings. The van der Waals surface area contributed by atoms with E-state index in [0.29, 0.717) is 26.2 Å². The van der Waals surface area contributed by atoms with Gasteiger partial charge in [0.1, 0.15) is 12.6 Å². The lowest BCUT2D eigenvalue weighted by atomic mass is 9.98. The molecule has 1 aliphatic heterocycles. The van der Waals surface area contributed by atoms with Crippen LogP contribution in [0.5, 0.6) is 0 Å². The number of fused-ring (bicyclic) bond motifs is 3. The number of benzene rings is 2. The van der Waals surface area contributed by atoms with Gasteiger partial charge in [0.25, 0.3) is 0 Å². The van der Waals surface area contributed by atoms with Crippen molar-refractivity contribution in [3.8, 4) is 11.1 Å². The maximum absolute atomic E-state index is 12.7. The fraction of sp³-hybridized carbons (Fsp3) is 0.417. The molecule has 0 spiro atoms. The Morgan fingerprint density at radius 2 is 1.68 bits per heavy atom. The van der Waals surface area contributed by atoms with Gasteiger partial charge in [0.2, 0.25) is 0 Å². The Bertz CT molecular complexity index is 896. The molecule has 1 heterocycles. The van der Waals surface area contributed by atoms with E-state index in [9.17, 15) is 14.7 Å². The molecule has 31 heavy (non-hydrogen) atoms. The Kier molecular flexibility index (Phi) is 6.53. The van der Waals surface area contributed by atoms with Crippen LogP contribution in [0.15, 0.2) is 48.5 Å². The van der Waals surface area contributed by atoms with E-state index in [1.807, 2.05) is 24.3 Å². The molecule has 1 N–H and O–H groups in total.